The van der Waals surface area contributed by atoms with Crippen LogP contribution in [0.15, 0.2) is 42.5 Å². The maximum atomic E-state index is 5.66. The van der Waals surface area contributed by atoms with E-state index in [1.165, 1.54) is 55.5 Å². The fraction of sp³-hybridized carbons (Fsp3) is 0.476. The number of para-hydroxylation sites is 1. The molecule has 1 heterocycles. The Bertz CT molecular complexity index is 612. The van der Waals surface area contributed by atoms with E-state index < -0.39 is 0 Å². The van der Waals surface area contributed by atoms with Gasteiger partial charge in [-0.2, -0.15) is 0 Å². The fourth-order valence-electron chi connectivity index (χ4n) is 3.21. The Kier molecular flexibility index (Phi) is 6.67. The summed E-state index contributed by atoms with van der Waals surface area (Å²) in [5.74, 6) is 0.942. The molecule has 0 atom stereocenters. The number of rotatable bonds is 9. The second-order valence-electron chi connectivity index (χ2n) is 6.48. The second-order valence-corrected chi connectivity index (χ2v) is 6.48. The number of benzene rings is 1. The van der Waals surface area contributed by atoms with E-state index in [4.69, 9.17) is 9.72 Å². The number of nitrogens with zero attached hydrogens (tertiary/aromatic N) is 1. The zero-order valence-electron chi connectivity index (χ0n) is 14.5. The first-order valence-corrected chi connectivity index (χ1v) is 9.28. The number of hydrogen-bond donors (Lipinski definition) is 1. The van der Waals surface area contributed by atoms with Gasteiger partial charge in [-0.15, -0.1) is 0 Å². The fourth-order valence-corrected chi connectivity index (χ4v) is 3.21. The van der Waals surface area contributed by atoms with Crippen molar-refractivity contribution in [2.24, 2.45) is 0 Å². The molecule has 1 aliphatic carbocycles. The summed E-state index contributed by atoms with van der Waals surface area (Å²) in [4.78, 5) is 4.85. The van der Waals surface area contributed by atoms with Gasteiger partial charge in [0.25, 0.3) is 0 Å². The molecule has 3 nitrogen and oxygen atoms in total. The van der Waals surface area contributed by atoms with Gasteiger partial charge in [0.2, 0.25) is 0 Å². The van der Waals surface area contributed by atoms with Crippen LogP contribution in [-0.2, 0) is 19.3 Å². The molecule has 0 bridgehead atoms. The van der Waals surface area contributed by atoms with E-state index in [0.29, 0.717) is 0 Å². The first kappa shape index (κ1) is 17.0. The van der Waals surface area contributed by atoms with Crippen molar-refractivity contribution >= 4 is 0 Å². The van der Waals surface area contributed by atoms with E-state index in [1.807, 2.05) is 30.3 Å². The molecule has 0 saturated heterocycles. The van der Waals surface area contributed by atoms with Gasteiger partial charge in [0.15, 0.2) is 0 Å². The maximum absolute atomic E-state index is 5.66. The summed E-state index contributed by atoms with van der Waals surface area (Å²) in [7, 11) is 0. The van der Waals surface area contributed by atoms with Gasteiger partial charge in [0, 0.05) is 17.9 Å². The summed E-state index contributed by atoms with van der Waals surface area (Å²) in [5, 5.41) is 3.45. The predicted molar refractivity (Wildman–Crippen MR) is 98.6 cm³/mol. The van der Waals surface area contributed by atoms with Crippen LogP contribution in [0, 0.1) is 0 Å². The Morgan fingerprint density at radius 3 is 2.71 bits per heavy atom. The van der Waals surface area contributed by atoms with E-state index in [0.717, 1.165) is 31.9 Å². The molecule has 2 aromatic rings. The molecule has 0 unspecified atom stereocenters. The van der Waals surface area contributed by atoms with Gasteiger partial charge in [0.05, 0.1) is 0 Å². The molecule has 0 aliphatic heterocycles. The van der Waals surface area contributed by atoms with Gasteiger partial charge in [-0.1, -0.05) is 24.3 Å². The molecule has 0 radical (unpaired) electrons. The minimum absolute atomic E-state index is 0.719. The van der Waals surface area contributed by atoms with Crippen molar-refractivity contribution < 1.29 is 4.74 Å². The summed E-state index contributed by atoms with van der Waals surface area (Å²) in [6, 6.07) is 14.5. The third-order valence-corrected chi connectivity index (χ3v) is 4.56. The van der Waals surface area contributed by atoms with Crippen LogP contribution in [0.1, 0.15) is 42.6 Å². The van der Waals surface area contributed by atoms with Crippen LogP contribution in [0.5, 0.6) is 5.75 Å². The van der Waals surface area contributed by atoms with Gasteiger partial charge in [0.1, 0.15) is 12.4 Å². The average molecular weight is 324 g/mol. The van der Waals surface area contributed by atoms with Crippen LogP contribution >= 0.6 is 0 Å². The molecule has 1 N–H and O–H groups in total. The molecule has 128 valence electrons. The van der Waals surface area contributed by atoms with Crippen molar-refractivity contribution in [3.63, 3.8) is 0 Å². The molecular weight excluding hydrogens is 296 g/mol. The summed E-state index contributed by atoms with van der Waals surface area (Å²) in [6.45, 7) is 2.66. The van der Waals surface area contributed by atoms with Crippen molar-refractivity contribution in [3.05, 3.63) is 59.4 Å². The molecule has 0 amide bonds. The lowest BCUT2D eigenvalue weighted by Crippen LogP contribution is -2.22. The molecule has 1 aromatic carbocycles. The Morgan fingerprint density at radius 2 is 1.79 bits per heavy atom. The third kappa shape index (κ3) is 5.34. The quantitative estimate of drug-likeness (QED) is 0.709. The topological polar surface area (TPSA) is 34.1 Å². The number of fused-ring (bicyclic) bond motifs is 1. The van der Waals surface area contributed by atoms with E-state index in [-0.39, 0.29) is 0 Å². The number of aryl methyl sites for hydroxylation is 3. The average Bonchev–Trinajstić information content (AvgIpc) is 2.64. The van der Waals surface area contributed by atoms with Crippen LogP contribution in [0.4, 0.5) is 0 Å². The molecule has 3 rings (SSSR count). The van der Waals surface area contributed by atoms with Crippen LogP contribution in [0.2, 0.25) is 0 Å². The number of hydrogen-bond acceptors (Lipinski definition) is 3. The normalized spacial score (nSPS) is 13.5. The highest BCUT2D eigenvalue weighted by atomic mass is 16.5. The molecule has 24 heavy (non-hydrogen) atoms. The highest BCUT2D eigenvalue weighted by Gasteiger charge is 2.10. The SMILES string of the molecule is c1ccc(OCCNCCCCc2ccc3c(n2)CCCC3)cc1. The van der Waals surface area contributed by atoms with Crippen molar-refractivity contribution in [3.8, 4) is 5.75 Å². The van der Waals surface area contributed by atoms with E-state index in [9.17, 15) is 0 Å². The lowest BCUT2D eigenvalue weighted by atomic mass is 9.95. The third-order valence-electron chi connectivity index (χ3n) is 4.56. The number of unbranched alkanes of at least 4 members (excludes halogenated alkanes) is 1. The zero-order valence-corrected chi connectivity index (χ0v) is 14.5. The number of nitrogens with one attached hydrogen (secondary N) is 1. The summed E-state index contributed by atoms with van der Waals surface area (Å²) in [6.07, 6.45) is 8.49. The van der Waals surface area contributed by atoms with Gasteiger partial charge in [-0.3, -0.25) is 4.98 Å². The lowest BCUT2D eigenvalue weighted by Gasteiger charge is -2.15. The molecule has 0 spiro atoms. The first-order chi connectivity index (χ1) is 11.9. The minimum atomic E-state index is 0.719. The van der Waals surface area contributed by atoms with E-state index in [2.05, 4.69) is 17.4 Å². The van der Waals surface area contributed by atoms with E-state index in [1.54, 1.807) is 0 Å². The van der Waals surface area contributed by atoms with Crippen molar-refractivity contribution in [1.82, 2.24) is 10.3 Å². The Balaban J connectivity index is 1.25. The summed E-state index contributed by atoms with van der Waals surface area (Å²) < 4.78 is 5.66. The minimum Gasteiger partial charge on any atom is -0.492 e. The summed E-state index contributed by atoms with van der Waals surface area (Å²) >= 11 is 0. The van der Waals surface area contributed by atoms with Gasteiger partial charge >= 0.3 is 0 Å². The second kappa shape index (κ2) is 9.43. The molecule has 1 aliphatic rings. The Morgan fingerprint density at radius 1 is 0.917 bits per heavy atom. The van der Waals surface area contributed by atoms with Gasteiger partial charge < -0.3 is 10.1 Å². The number of ether oxygens (including phenoxy) is 1. The molecule has 0 fully saturated rings. The molecule has 3 heteroatoms. The lowest BCUT2D eigenvalue weighted by molar-refractivity contribution is 0.313. The molecule has 0 saturated carbocycles. The van der Waals surface area contributed by atoms with Crippen molar-refractivity contribution in [1.29, 1.82) is 0 Å². The van der Waals surface area contributed by atoms with Crippen LogP contribution in [0.3, 0.4) is 0 Å². The van der Waals surface area contributed by atoms with Crippen LogP contribution in [-0.4, -0.2) is 24.7 Å². The highest BCUT2D eigenvalue weighted by molar-refractivity contribution is 5.25. The monoisotopic (exact) mass is 324 g/mol. The highest BCUT2D eigenvalue weighted by Crippen LogP contribution is 2.20. The maximum Gasteiger partial charge on any atom is 0.119 e. The molecule has 1 aromatic heterocycles. The standard InChI is InChI=1S/C21H28N2O/c1-2-10-20(11-3-1)24-17-16-22-15-7-6-9-19-14-13-18-8-4-5-12-21(18)23-19/h1-3,10-11,13-14,22H,4-9,12,15-17H2. The Hall–Kier alpha value is -1.87. The smallest absolute Gasteiger partial charge is 0.119 e. The predicted octanol–water partition coefficient (Wildman–Crippen LogP) is 3.95. The van der Waals surface area contributed by atoms with Crippen molar-refractivity contribution in [2.75, 3.05) is 19.7 Å². The van der Waals surface area contributed by atoms with Crippen LogP contribution in [0.25, 0.3) is 0 Å². The Labute approximate surface area is 145 Å². The van der Waals surface area contributed by atoms with Gasteiger partial charge in [-0.25, -0.2) is 0 Å². The van der Waals surface area contributed by atoms with Crippen LogP contribution < -0.4 is 10.1 Å². The summed E-state index contributed by atoms with van der Waals surface area (Å²) in [5.41, 5.74) is 4.10. The number of aromatic nitrogens is 1. The number of pyridine rings is 1. The first-order valence-electron chi connectivity index (χ1n) is 9.28. The largest absolute Gasteiger partial charge is 0.492 e. The van der Waals surface area contributed by atoms with Gasteiger partial charge in [-0.05, 0) is 75.3 Å². The molecular formula is C21H28N2O. The van der Waals surface area contributed by atoms with E-state index >= 15 is 0 Å². The van der Waals surface area contributed by atoms with Crippen molar-refractivity contribution in [2.45, 2.75) is 44.9 Å². The zero-order chi connectivity index (χ0) is 16.5.